The summed E-state index contributed by atoms with van der Waals surface area (Å²) < 4.78 is 0. The summed E-state index contributed by atoms with van der Waals surface area (Å²) in [7, 11) is 0. The smallest absolute Gasteiger partial charge is 0.169 e. The molecule has 1 aromatic heterocycles. The summed E-state index contributed by atoms with van der Waals surface area (Å²) in [6.45, 7) is 4.42. The lowest BCUT2D eigenvalue weighted by molar-refractivity contribution is 0.111. The van der Waals surface area contributed by atoms with Crippen LogP contribution in [0.4, 0.5) is 0 Å². The summed E-state index contributed by atoms with van der Waals surface area (Å²) in [6, 6.07) is 8.45. The topological polar surface area (TPSA) is 30.0 Å². The van der Waals surface area contributed by atoms with Crippen molar-refractivity contribution in [3.8, 4) is 10.6 Å². The standard InChI is InChI=1S/C14H15NOS/c1-3-10(2)11-4-6-12(7-5-11)14-15-13(8-16)9-17-14/h4-10H,3H2,1-2H3. The number of benzene rings is 1. The molecule has 0 radical (unpaired) electrons. The van der Waals surface area contributed by atoms with Crippen molar-refractivity contribution in [1.29, 1.82) is 0 Å². The van der Waals surface area contributed by atoms with E-state index in [-0.39, 0.29) is 0 Å². The number of aromatic nitrogens is 1. The van der Waals surface area contributed by atoms with E-state index < -0.39 is 0 Å². The zero-order chi connectivity index (χ0) is 12.3. The zero-order valence-corrected chi connectivity index (χ0v) is 10.8. The first kappa shape index (κ1) is 12.0. The fourth-order valence-corrected chi connectivity index (χ4v) is 2.43. The molecule has 2 nitrogen and oxygen atoms in total. The van der Waals surface area contributed by atoms with Crippen molar-refractivity contribution in [2.24, 2.45) is 0 Å². The maximum Gasteiger partial charge on any atom is 0.169 e. The van der Waals surface area contributed by atoms with E-state index in [0.717, 1.165) is 23.3 Å². The minimum atomic E-state index is 0.510. The Morgan fingerprint density at radius 3 is 2.59 bits per heavy atom. The Morgan fingerprint density at radius 1 is 1.35 bits per heavy atom. The molecular formula is C14H15NOS. The van der Waals surface area contributed by atoms with Gasteiger partial charge in [-0.1, -0.05) is 38.1 Å². The molecule has 0 spiro atoms. The van der Waals surface area contributed by atoms with Crippen molar-refractivity contribution < 1.29 is 4.79 Å². The second-order valence-corrected chi connectivity index (χ2v) is 4.98. The van der Waals surface area contributed by atoms with Crippen LogP contribution in [0.1, 0.15) is 42.2 Å². The molecule has 1 unspecified atom stereocenters. The van der Waals surface area contributed by atoms with Crippen LogP contribution in [0, 0.1) is 0 Å². The van der Waals surface area contributed by atoms with Crippen LogP contribution in [0.25, 0.3) is 10.6 Å². The first-order chi connectivity index (χ1) is 8.24. The average Bonchev–Trinajstić information content (AvgIpc) is 2.87. The molecule has 2 aromatic rings. The SMILES string of the molecule is CCC(C)c1ccc(-c2nc(C=O)cs2)cc1. The van der Waals surface area contributed by atoms with E-state index >= 15 is 0 Å². The van der Waals surface area contributed by atoms with Crippen LogP contribution in [0.5, 0.6) is 0 Å². The highest BCUT2D eigenvalue weighted by atomic mass is 32.1. The summed E-state index contributed by atoms with van der Waals surface area (Å²) in [5.41, 5.74) is 2.94. The van der Waals surface area contributed by atoms with Gasteiger partial charge in [-0.15, -0.1) is 11.3 Å². The highest BCUT2D eigenvalue weighted by Gasteiger charge is 2.06. The lowest BCUT2D eigenvalue weighted by Crippen LogP contribution is -1.90. The Morgan fingerprint density at radius 2 is 2.06 bits per heavy atom. The van der Waals surface area contributed by atoms with Crippen LogP contribution in [0.15, 0.2) is 29.6 Å². The molecule has 1 heterocycles. The lowest BCUT2D eigenvalue weighted by Gasteiger charge is -2.08. The fourth-order valence-electron chi connectivity index (χ4n) is 1.66. The second kappa shape index (κ2) is 5.23. The van der Waals surface area contributed by atoms with Gasteiger partial charge in [0.1, 0.15) is 10.7 Å². The van der Waals surface area contributed by atoms with Crippen LogP contribution >= 0.6 is 11.3 Å². The van der Waals surface area contributed by atoms with E-state index in [1.165, 1.54) is 16.9 Å². The van der Waals surface area contributed by atoms with Crippen molar-refractivity contribution in [2.45, 2.75) is 26.2 Å². The molecule has 17 heavy (non-hydrogen) atoms. The monoisotopic (exact) mass is 245 g/mol. The molecule has 1 atom stereocenters. The summed E-state index contributed by atoms with van der Waals surface area (Å²) in [5.74, 6) is 0.589. The molecule has 0 saturated carbocycles. The van der Waals surface area contributed by atoms with Gasteiger partial charge in [0.2, 0.25) is 0 Å². The molecule has 0 amide bonds. The van der Waals surface area contributed by atoms with E-state index in [1.807, 2.05) is 0 Å². The van der Waals surface area contributed by atoms with Crippen molar-refractivity contribution in [3.05, 3.63) is 40.9 Å². The van der Waals surface area contributed by atoms with E-state index in [1.54, 1.807) is 5.38 Å². The number of carbonyl (C=O) groups excluding carboxylic acids is 1. The summed E-state index contributed by atoms with van der Waals surface area (Å²) in [4.78, 5) is 14.8. The molecule has 3 heteroatoms. The molecule has 2 rings (SSSR count). The molecule has 0 fully saturated rings. The summed E-state index contributed by atoms with van der Waals surface area (Å²) >= 11 is 1.50. The average molecular weight is 245 g/mol. The van der Waals surface area contributed by atoms with Gasteiger partial charge in [-0.05, 0) is 17.9 Å². The molecule has 0 aliphatic carbocycles. The maximum absolute atomic E-state index is 10.6. The van der Waals surface area contributed by atoms with Crippen molar-refractivity contribution in [1.82, 2.24) is 4.98 Å². The van der Waals surface area contributed by atoms with Gasteiger partial charge in [0, 0.05) is 10.9 Å². The van der Waals surface area contributed by atoms with Crippen LogP contribution in [0.2, 0.25) is 0 Å². The number of aldehydes is 1. The Bertz CT molecular complexity index is 501. The number of rotatable bonds is 4. The van der Waals surface area contributed by atoms with Crippen molar-refractivity contribution in [2.75, 3.05) is 0 Å². The minimum Gasteiger partial charge on any atom is -0.296 e. The fraction of sp³-hybridized carbons (Fsp3) is 0.286. The lowest BCUT2D eigenvalue weighted by atomic mass is 9.98. The summed E-state index contributed by atoms with van der Waals surface area (Å²) in [6.07, 6.45) is 1.93. The van der Waals surface area contributed by atoms with Crippen LogP contribution in [0.3, 0.4) is 0 Å². The molecule has 0 aliphatic rings. The third kappa shape index (κ3) is 2.61. The van der Waals surface area contributed by atoms with Gasteiger partial charge in [0.05, 0.1) is 0 Å². The van der Waals surface area contributed by atoms with Gasteiger partial charge >= 0.3 is 0 Å². The number of hydrogen-bond acceptors (Lipinski definition) is 3. The molecule has 0 N–H and O–H groups in total. The first-order valence-corrected chi connectivity index (χ1v) is 6.63. The van der Waals surface area contributed by atoms with E-state index in [9.17, 15) is 4.79 Å². The number of hydrogen-bond donors (Lipinski definition) is 0. The van der Waals surface area contributed by atoms with Crippen molar-refractivity contribution in [3.63, 3.8) is 0 Å². The van der Waals surface area contributed by atoms with Gasteiger partial charge in [0.25, 0.3) is 0 Å². The van der Waals surface area contributed by atoms with E-state index in [0.29, 0.717) is 11.6 Å². The molecule has 0 bridgehead atoms. The van der Waals surface area contributed by atoms with E-state index in [4.69, 9.17) is 0 Å². The predicted octanol–water partition coefficient (Wildman–Crippen LogP) is 4.14. The molecule has 0 aliphatic heterocycles. The largest absolute Gasteiger partial charge is 0.296 e. The number of thiazole rings is 1. The quantitative estimate of drug-likeness (QED) is 0.758. The van der Waals surface area contributed by atoms with Gasteiger partial charge in [-0.2, -0.15) is 0 Å². The third-order valence-corrected chi connectivity index (χ3v) is 3.89. The Kier molecular flexibility index (Phi) is 3.69. The normalized spacial score (nSPS) is 12.4. The van der Waals surface area contributed by atoms with E-state index in [2.05, 4.69) is 43.1 Å². The summed E-state index contributed by atoms with van der Waals surface area (Å²) in [5, 5.41) is 2.69. The second-order valence-electron chi connectivity index (χ2n) is 4.13. The molecule has 88 valence electrons. The van der Waals surface area contributed by atoms with Gasteiger partial charge in [-0.3, -0.25) is 4.79 Å². The predicted molar refractivity (Wildman–Crippen MR) is 71.6 cm³/mol. The molecular weight excluding hydrogens is 230 g/mol. The third-order valence-electron chi connectivity index (χ3n) is 2.98. The molecule has 0 saturated heterocycles. The van der Waals surface area contributed by atoms with Gasteiger partial charge in [-0.25, -0.2) is 4.98 Å². The van der Waals surface area contributed by atoms with Crippen LogP contribution in [-0.4, -0.2) is 11.3 Å². The van der Waals surface area contributed by atoms with Gasteiger partial charge in [0.15, 0.2) is 6.29 Å². The Labute approximate surface area is 105 Å². The highest BCUT2D eigenvalue weighted by Crippen LogP contribution is 2.26. The Balaban J connectivity index is 2.25. The minimum absolute atomic E-state index is 0.510. The number of carbonyl (C=O) groups is 1. The number of nitrogens with zero attached hydrogens (tertiary/aromatic N) is 1. The van der Waals surface area contributed by atoms with Crippen molar-refractivity contribution >= 4 is 17.6 Å². The maximum atomic E-state index is 10.6. The first-order valence-electron chi connectivity index (χ1n) is 5.75. The molecule has 1 aromatic carbocycles. The van der Waals surface area contributed by atoms with Gasteiger partial charge < -0.3 is 0 Å². The zero-order valence-electron chi connectivity index (χ0n) is 10.0. The van der Waals surface area contributed by atoms with Crippen LogP contribution < -0.4 is 0 Å². The Hall–Kier alpha value is -1.48. The van der Waals surface area contributed by atoms with Crippen LogP contribution in [-0.2, 0) is 0 Å². The highest BCUT2D eigenvalue weighted by molar-refractivity contribution is 7.13.